The molecule has 0 aliphatic carbocycles. The summed E-state index contributed by atoms with van der Waals surface area (Å²) in [6.45, 7) is 0.851. The third kappa shape index (κ3) is 5.40. The van der Waals surface area contributed by atoms with Crippen molar-refractivity contribution in [2.75, 3.05) is 11.8 Å². The van der Waals surface area contributed by atoms with E-state index in [2.05, 4.69) is 5.32 Å². The minimum Gasteiger partial charge on any atom is -0.457 e. The van der Waals surface area contributed by atoms with Crippen LogP contribution in [-0.4, -0.2) is 22.1 Å². The number of hydrogen-bond acceptors (Lipinski definition) is 5. The van der Waals surface area contributed by atoms with Crippen molar-refractivity contribution in [3.63, 3.8) is 0 Å². The fourth-order valence-electron chi connectivity index (χ4n) is 1.83. The number of ether oxygens (including phenoxy) is 1. The first-order valence-electron chi connectivity index (χ1n) is 8.18. The second kappa shape index (κ2) is 7.51. The summed E-state index contributed by atoms with van der Waals surface area (Å²) in [5.74, 6) is 0.771. The first-order chi connectivity index (χ1) is 12.0. The zero-order chi connectivity index (χ0) is 19.5. The van der Waals surface area contributed by atoms with Crippen molar-refractivity contribution in [2.24, 2.45) is 0 Å². The SMILES string of the molecule is [2H]C([2H])(CC(C)(C)O)Nc1cc(Oc2ccc(Cl)cc2)ccc1[N+](=O)[O-]. The standard InChI is InChI=1S/C17H19ClN2O4/c1-17(2,21)9-10-19-15-11-14(7-8-16(15)20(22)23)24-13-5-3-12(18)4-6-13/h3-8,11,19,21H,9-10H2,1-2H3/i10D2. The van der Waals surface area contributed by atoms with Gasteiger partial charge in [-0.05, 0) is 50.6 Å². The van der Waals surface area contributed by atoms with Gasteiger partial charge < -0.3 is 15.2 Å². The average molecular weight is 353 g/mol. The lowest BCUT2D eigenvalue weighted by Crippen LogP contribution is -2.22. The molecule has 0 unspecified atom stereocenters. The van der Waals surface area contributed by atoms with Gasteiger partial charge in [-0.2, -0.15) is 0 Å². The van der Waals surface area contributed by atoms with Crippen LogP contribution in [0.2, 0.25) is 5.02 Å². The number of aliphatic hydroxyl groups is 1. The average Bonchev–Trinajstić information content (AvgIpc) is 2.46. The number of anilines is 1. The van der Waals surface area contributed by atoms with E-state index in [-0.39, 0.29) is 17.8 Å². The molecular formula is C17H19ClN2O4. The fraction of sp³-hybridized carbons (Fsp3) is 0.294. The number of nitro groups is 1. The maximum atomic E-state index is 11.2. The number of nitrogens with zero attached hydrogens (tertiary/aromatic N) is 1. The van der Waals surface area contributed by atoms with E-state index in [0.717, 1.165) is 0 Å². The summed E-state index contributed by atoms with van der Waals surface area (Å²) in [5.41, 5.74) is -1.63. The third-order valence-corrected chi connectivity index (χ3v) is 3.21. The molecule has 0 amide bonds. The molecule has 0 aliphatic rings. The van der Waals surface area contributed by atoms with Crippen LogP contribution in [0, 0.1) is 10.1 Å². The van der Waals surface area contributed by atoms with E-state index in [1.165, 1.54) is 32.0 Å². The second-order valence-electron chi connectivity index (χ2n) is 5.78. The number of nitro benzene ring substituents is 1. The van der Waals surface area contributed by atoms with Gasteiger partial charge in [-0.15, -0.1) is 0 Å². The lowest BCUT2D eigenvalue weighted by atomic mass is 10.1. The summed E-state index contributed by atoms with van der Waals surface area (Å²) >= 11 is 5.82. The van der Waals surface area contributed by atoms with Crippen LogP contribution in [-0.2, 0) is 0 Å². The molecule has 6 nitrogen and oxygen atoms in total. The lowest BCUT2D eigenvalue weighted by Gasteiger charge is -2.17. The van der Waals surface area contributed by atoms with Crippen molar-refractivity contribution >= 4 is 23.0 Å². The van der Waals surface area contributed by atoms with Gasteiger partial charge in [-0.3, -0.25) is 10.1 Å². The summed E-state index contributed by atoms with van der Waals surface area (Å²) in [4.78, 5) is 10.6. The van der Waals surface area contributed by atoms with E-state index < -0.39 is 17.0 Å². The minimum absolute atomic E-state index is 0.0456. The van der Waals surface area contributed by atoms with Crippen LogP contribution in [0.3, 0.4) is 0 Å². The molecule has 0 saturated carbocycles. The summed E-state index contributed by atoms with van der Waals surface area (Å²) in [6.07, 6.45) is -0.264. The van der Waals surface area contributed by atoms with Gasteiger partial charge in [0.15, 0.2) is 0 Å². The Hall–Kier alpha value is -2.31. The van der Waals surface area contributed by atoms with E-state index in [1.807, 2.05) is 0 Å². The van der Waals surface area contributed by atoms with Gasteiger partial charge in [0.1, 0.15) is 17.2 Å². The molecule has 0 bridgehead atoms. The molecule has 0 aliphatic heterocycles. The molecule has 7 heteroatoms. The van der Waals surface area contributed by atoms with Crippen LogP contribution in [0.25, 0.3) is 0 Å². The zero-order valence-electron chi connectivity index (χ0n) is 15.2. The van der Waals surface area contributed by atoms with Gasteiger partial charge in [-0.25, -0.2) is 0 Å². The molecule has 2 rings (SSSR count). The summed E-state index contributed by atoms with van der Waals surface area (Å²) in [5, 5.41) is 24.1. The molecule has 0 atom stereocenters. The van der Waals surface area contributed by atoms with Crippen molar-refractivity contribution in [3.8, 4) is 11.5 Å². The Bertz CT molecular complexity index is 792. The van der Waals surface area contributed by atoms with E-state index in [4.69, 9.17) is 19.1 Å². The van der Waals surface area contributed by atoms with E-state index in [0.29, 0.717) is 16.5 Å². The van der Waals surface area contributed by atoms with Crippen LogP contribution in [0.5, 0.6) is 11.5 Å². The quantitative estimate of drug-likeness (QED) is 0.561. The predicted molar refractivity (Wildman–Crippen MR) is 94.0 cm³/mol. The molecule has 0 aromatic heterocycles. The van der Waals surface area contributed by atoms with Gasteiger partial charge >= 0.3 is 0 Å². The summed E-state index contributed by atoms with van der Waals surface area (Å²) in [7, 11) is 0. The van der Waals surface area contributed by atoms with Gasteiger partial charge in [0.05, 0.1) is 10.5 Å². The van der Waals surface area contributed by atoms with Crippen LogP contribution in [0.15, 0.2) is 42.5 Å². The Morgan fingerprint density at radius 3 is 2.50 bits per heavy atom. The van der Waals surface area contributed by atoms with Crippen molar-refractivity contribution in [3.05, 3.63) is 57.6 Å². The molecule has 0 saturated heterocycles. The smallest absolute Gasteiger partial charge is 0.292 e. The highest BCUT2D eigenvalue weighted by molar-refractivity contribution is 6.30. The first-order valence-corrected chi connectivity index (χ1v) is 7.55. The van der Waals surface area contributed by atoms with Gasteiger partial charge in [-0.1, -0.05) is 11.6 Å². The molecule has 0 spiro atoms. The van der Waals surface area contributed by atoms with Crippen molar-refractivity contribution < 1.29 is 17.5 Å². The molecule has 24 heavy (non-hydrogen) atoms. The van der Waals surface area contributed by atoms with E-state index in [1.54, 1.807) is 24.3 Å². The maximum absolute atomic E-state index is 11.2. The first kappa shape index (κ1) is 15.2. The highest BCUT2D eigenvalue weighted by atomic mass is 35.5. The summed E-state index contributed by atoms with van der Waals surface area (Å²) in [6, 6.07) is 10.6. The van der Waals surface area contributed by atoms with Crippen LogP contribution in [0.4, 0.5) is 11.4 Å². The van der Waals surface area contributed by atoms with E-state index >= 15 is 0 Å². The van der Waals surface area contributed by atoms with Crippen molar-refractivity contribution in [2.45, 2.75) is 25.9 Å². The second-order valence-corrected chi connectivity index (χ2v) is 6.22. The molecule has 0 radical (unpaired) electrons. The fourth-order valence-corrected chi connectivity index (χ4v) is 1.96. The van der Waals surface area contributed by atoms with E-state index in [9.17, 15) is 15.2 Å². The normalized spacial score (nSPS) is 13.0. The van der Waals surface area contributed by atoms with Gasteiger partial charge in [0.25, 0.3) is 5.69 Å². The van der Waals surface area contributed by atoms with Crippen LogP contribution < -0.4 is 10.1 Å². The van der Waals surface area contributed by atoms with Crippen molar-refractivity contribution in [1.82, 2.24) is 0 Å². The Morgan fingerprint density at radius 2 is 1.92 bits per heavy atom. The Kier molecular flexibility index (Phi) is 4.76. The zero-order valence-corrected chi connectivity index (χ0v) is 14.0. The Balaban J connectivity index is 2.30. The van der Waals surface area contributed by atoms with Crippen LogP contribution in [0.1, 0.15) is 23.0 Å². The van der Waals surface area contributed by atoms with Crippen LogP contribution >= 0.6 is 11.6 Å². The number of hydrogen-bond donors (Lipinski definition) is 2. The Morgan fingerprint density at radius 1 is 1.29 bits per heavy atom. The molecule has 128 valence electrons. The summed E-state index contributed by atoms with van der Waals surface area (Å²) < 4.78 is 21.6. The number of benzene rings is 2. The van der Waals surface area contributed by atoms with Gasteiger partial charge in [0.2, 0.25) is 0 Å². The third-order valence-electron chi connectivity index (χ3n) is 2.96. The van der Waals surface area contributed by atoms with Gasteiger partial charge in [0, 0.05) is 26.4 Å². The highest BCUT2D eigenvalue weighted by Gasteiger charge is 2.17. The predicted octanol–water partition coefficient (Wildman–Crippen LogP) is 4.61. The largest absolute Gasteiger partial charge is 0.457 e. The monoisotopic (exact) mass is 352 g/mol. The topological polar surface area (TPSA) is 84.6 Å². The lowest BCUT2D eigenvalue weighted by molar-refractivity contribution is -0.384. The molecule has 2 N–H and O–H groups in total. The van der Waals surface area contributed by atoms with Crippen molar-refractivity contribution in [1.29, 1.82) is 0 Å². The number of rotatable bonds is 7. The molecular weight excluding hydrogens is 332 g/mol. The Labute approximate surface area is 148 Å². The highest BCUT2D eigenvalue weighted by Crippen LogP contribution is 2.32. The molecule has 2 aromatic carbocycles. The molecule has 2 aromatic rings. The minimum atomic E-state index is -2.07. The number of halogens is 1. The molecule has 0 heterocycles. The molecule has 0 fully saturated rings. The number of nitrogens with one attached hydrogen (secondary N) is 1. The maximum Gasteiger partial charge on any atom is 0.292 e.